The van der Waals surface area contributed by atoms with Gasteiger partial charge in [0.25, 0.3) is 0 Å². The van der Waals surface area contributed by atoms with Crippen LogP contribution in [0, 0.1) is 0 Å². The van der Waals surface area contributed by atoms with Crippen molar-refractivity contribution >= 4 is 6.03 Å². The second-order valence-corrected chi connectivity index (χ2v) is 4.99. The lowest BCUT2D eigenvalue weighted by atomic mass is 9.99. The average molecular weight is 314 g/mol. The lowest BCUT2D eigenvalue weighted by Gasteiger charge is -2.20. The number of hydrogen-bond acceptors (Lipinski definition) is 3. The summed E-state index contributed by atoms with van der Waals surface area (Å²) in [5, 5.41) is 14.4. The van der Waals surface area contributed by atoms with Crippen molar-refractivity contribution in [1.29, 1.82) is 0 Å². The quantitative estimate of drug-likeness (QED) is 0.653. The van der Waals surface area contributed by atoms with Gasteiger partial charge in [-0.15, -0.1) is 0 Å². The highest BCUT2D eigenvalue weighted by Gasteiger charge is 2.15. The lowest BCUT2D eigenvalue weighted by Crippen LogP contribution is -2.39. The number of ether oxygens (including phenoxy) is 1. The second kappa shape index (κ2) is 9.61. The molecule has 0 bridgehead atoms. The van der Waals surface area contributed by atoms with Gasteiger partial charge in [0.05, 0.1) is 25.9 Å². The van der Waals surface area contributed by atoms with Crippen molar-refractivity contribution in [3.05, 3.63) is 71.8 Å². The number of aliphatic hydroxyl groups excluding tert-OH is 1. The van der Waals surface area contributed by atoms with Crippen molar-refractivity contribution in [2.24, 2.45) is 0 Å². The van der Waals surface area contributed by atoms with Crippen LogP contribution in [0.15, 0.2) is 60.7 Å². The van der Waals surface area contributed by atoms with Crippen molar-refractivity contribution in [1.82, 2.24) is 10.6 Å². The molecule has 0 saturated carbocycles. The van der Waals surface area contributed by atoms with Crippen molar-refractivity contribution < 1.29 is 14.6 Å². The maximum atomic E-state index is 12.1. The van der Waals surface area contributed by atoms with Gasteiger partial charge >= 0.3 is 6.03 Å². The first-order valence-electron chi connectivity index (χ1n) is 7.64. The number of carbonyl (C=O) groups is 1. The van der Waals surface area contributed by atoms with Crippen LogP contribution in [-0.4, -0.2) is 37.5 Å². The summed E-state index contributed by atoms with van der Waals surface area (Å²) in [5.74, 6) is 0. The molecule has 2 rings (SSSR count). The van der Waals surface area contributed by atoms with Crippen molar-refractivity contribution in [2.45, 2.75) is 6.04 Å². The summed E-state index contributed by atoms with van der Waals surface area (Å²) in [6, 6.07) is 19.2. The monoisotopic (exact) mass is 314 g/mol. The van der Waals surface area contributed by atoms with Crippen LogP contribution in [0.1, 0.15) is 17.2 Å². The minimum atomic E-state index is -0.254. The van der Waals surface area contributed by atoms with Crippen molar-refractivity contribution in [3.8, 4) is 0 Å². The Bertz CT molecular complexity index is 536. The maximum absolute atomic E-state index is 12.1. The average Bonchev–Trinajstić information content (AvgIpc) is 2.61. The molecule has 0 aliphatic rings. The minimum absolute atomic E-state index is 0.0176. The molecule has 5 nitrogen and oxygen atoms in total. The molecule has 5 heteroatoms. The number of nitrogens with one attached hydrogen (secondary N) is 2. The van der Waals surface area contributed by atoms with Gasteiger partial charge in [-0.2, -0.15) is 0 Å². The van der Waals surface area contributed by atoms with E-state index in [1.54, 1.807) is 0 Å². The molecule has 0 radical (unpaired) electrons. The van der Waals surface area contributed by atoms with Gasteiger partial charge in [-0.05, 0) is 11.1 Å². The maximum Gasteiger partial charge on any atom is 0.315 e. The van der Waals surface area contributed by atoms with Gasteiger partial charge in [-0.1, -0.05) is 60.7 Å². The summed E-state index contributed by atoms with van der Waals surface area (Å²) in [5.41, 5.74) is 2.04. The number of rotatable bonds is 8. The van der Waals surface area contributed by atoms with Gasteiger partial charge in [0, 0.05) is 6.54 Å². The van der Waals surface area contributed by atoms with E-state index in [-0.39, 0.29) is 25.3 Å². The van der Waals surface area contributed by atoms with E-state index in [9.17, 15) is 4.79 Å². The Kier molecular flexibility index (Phi) is 7.10. The topological polar surface area (TPSA) is 70.6 Å². The Balaban J connectivity index is 1.97. The van der Waals surface area contributed by atoms with Crippen LogP contribution in [0.2, 0.25) is 0 Å². The number of carbonyl (C=O) groups excluding carboxylic acids is 1. The molecule has 2 aromatic carbocycles. The summed E-state index contributed by atoms with van der Waals surface area (Å²) in [4.78, 5) is 12.1. The Hall–Kier alpha value is -2.37. The number of urea groups is 1. The van der Waals surface area contributed by atoms with E-state index >= 15 is 0 Å². The second-order valence-electron chi connectivity index (χ2n) is 4.99. The first kappa shape index (κ1) is 17.0. The molecule has 0 heterocycles. The van der Waals surface area contributed by atoms with Crippen LogP contribution in [0.4, 0.5) is 4.79 Å². The lowest BCUT2D eigenvalue weighted by molar-refractivity contribution is 0.0947. The summed E-state index contributed by atoms with van der Waals surface area (Å²) < 4.78 is 5.11. The Morgan fingerprint density at radius 3 is 2.04 bits per heavy atom. The first-order chi connectivity index (χ1) is 11.3. The predicted octanol–water partition coefficient (Wildman–Crippen LogP) is 2.08. The molecule has 0 fully saturated rings. The summed E-state index contributed by atoms with van der Waals surface area (Å²) in [6.45, 7) is 1.02. The molecule has 2 amide bonds. The molecule has 0 saturated heterocycles. The van der Waals surface area contributed by atoms with E-state index in [4.69, 9.17) is 9.84 Å². The van der Waals surface area contributed by atoms with Crippen LogP contribution >= 0.6 is 0 Å². The van der Waals surface area contributed by atoms with Crippen LogP contribution in [-0.2, 0) is 4.74 Å². The highest BCUT2D eigenvalue weighted by atomic mass is 16.5. The largest absolute Gasteiger partial charge is 0.394 e. The molecule has 0 aliphatic carbocycles. The molecular formula is C18H22N2O3. The predicted molar refractivity (Wildman–Crippen MR) is 89.2 cm³/mol. The fraction of sp³-hybridized carbons (Fsp3) is 0.278. The molecular weight excluding hydrogens is 292 g/mol. The van der Waals surface area contributed by atoms with Gasteiger partial charge in [0.15, 0.2) is 0 Å². The summed E-state index contributed by atoms with van der Waals surface area (Å²) in [6.07, 6.45) is 0. The fourth-order valence-corrected chi connectivity index (χ4v) is 2.24. The number of benzene rings is 2. The van der Waals surface area contributed by atoms with Gasteiger partial charge in [0.2, 0.25) is 0 Å². The van der Waals surface area contributed by atoms with Crippen LogP contribution < -0.4 is 10.6 Å². The third-order valence-electron chi connectivity index (χ3n) is 3.31. The number of amides is 2. The Morgan fingerprint density at radius 2 is 1.52 bits per heavy atom. The zero-order valence-corrected chi connectivity index (χ0v) is 12.9. The smallest absolute Gasteiger partial charge is 0.315 e. The van der Waals surface area contributed by atoms with Crippen molar-refractivity contribution in [3.63, 3.8) is 0 Å². The third kappa shape index (κ3) is 5.73. The first-order valence-corrected chi connectivity index (χ1v) is 7.64. The SMILES string of the molecule is O=C(NCCOCCO)NC(c1ccccc1)c1ccccc1. The number of aliphatic hydroxyl groups is 1. The molecule has 0 aromatic heterocycles. The molecule has 0 spiro atoms. The normalized spacial score (nSPS) is 10.5. The standard InChI is InChI=1S/C18H22N2O3/c21-12-14-23-13-11-19-18(22)20-17(15-7-3-1-4-8-15)16-9-5-2-6-10-16/h1-10,17,21H,11-14H2,(H2,19,20,22). The molecule has 3 N–H and O–H groups in total. The van der Waals surface area contributed by atoms with Crippen LogP contribution in [0.5, 0.6) is 0 Å². The third-order valence-corrected chi connectivity index (χ3v) is 3.31. The fourth-order valence-electron chi connectivity index (χ4n) is 2.24. The Morgan fingerprint density at radius 1 is 0.957 bits per heavy atom. The highest BCUT2D eigenvalue weighted by Crippen LogP contribution is 2.21. The molecule has 0 aliphatic heterocycles. The van der Waals surface area contributed by atoms with E-state index in [0.717, 1.165) is 11.1 Å². The zero-order chi connectivity index (χ0) is 16.3. The van der Waals surface area contributed by atoms with Gasteiger partial charge < -0.3 is 20.5 Å². The van der Waals surface area contributed by atoms with E-state index < -0.39 is 0 Å². The van der Waals surface area contributed by atoms with E-state index in [0.29, 0.717) is 13.2 Å². The molecule has 2 aromatic rings. The van der Waals surface area contributed by atoms with Crippen LogP contribution in [0.3, 0.4) is 0 Å². The molecule has 0 unspecified atom stereocenters. The van der Waals surface area contributed by atoms with E-state index in [1.165, 1.54) is 0 Å². The molecule has 122 valence electrons. The zero-order valence-electron chi connectivity index (χ0n) is 12.9. The van der Waals surface area contributed by atoms with Gasteiger partial charge in [-0.3, -0.25) is 0 Å². The van der Waals surface area contributed by atoms with E-state index in [2.05, 4.69) is 10.6 Å². The van der Waals surface area contributed by atoms with Gasteiger partial charge in [0.1, 0.15) is 0 Å². The van der Waals surface area contributed by atoms with E-state index in [1.807, 2.05) is 60.7 Å². The minimum Gasteiger partial charge on any atom is -0.394 e. The Labute approximate surface area is 136 Å². The van der Waals surface area contributed by atoms with Crippen LogP contribution in [0.25, 0.3) is 0 Å². The van der Waals surface area contributed by atoms with Gasteiger partial charge in [-0.25, -0.2) is 4.79 Å². The molecule has 23 heavy (non-hydrogen) atoms. The highest BCUT2D eigenvalue weighted by molar-refractivity contribution is 5.75. The molecule has 0 atom stereocenters. The summed E-state index contributed by atoms with van der Waals surface area (Å²) >= 11 is 0. The summed E-state index contributed by atoms with van der Waals surface area (Å²) in [7, 11) is 0. The number of hydrogen-bond donors (Lipinski definition) is 3. The van der Waals surface area contributed by atoms with Crippen molar-refractivity contribution in [2.75, 3.05) is 26.4 Å².